The molecule has 26 heteroatoms. The molecule has 4 unspecified atom stereocenters. The number of aliphatic imine (C=N–C) groups is 1. The number of ether oxygens (including phenoxy) is 2. The van der Waals surface area contributed by atoms with Crippen LogP contribution >= 0.6 is 15.6 Å². The molecule has 0 aromatic carbocycles. The van der Waals surface area contributed by atoms with Crippen molar-refractivity contribution in [2.75, 3.05) is 18.9 Å². The molecule has 0 radical (unpaired) electrons. The van der Waals surface area contributed by atoms with Crippen LogP contribution in [-0.4, -0.2) is 115 Å². The quantitative estimate of drug-likeness (QED) is 0.0898. The van der Waals surface area contributed by atoms with Gasteiger partial charge in [-0.05, 0) is 6.92 Å². The van der Waals surface area contributed by atoms with E-state index in [1.54, 1.807) is 6.92 Å². The predicted molar refractivity (Wildman–Crippen MR) is 156 cm³/mol. The molecule has 4 aromatic heterocycles. The molecule has 7 heterocycles. The smallest absolute Gasteiger partial charge is 0.386 e. The van der Waals surface area contributed by atoms with Crippen LogP contribution in [0.25, 0.3) is 22.3 Å². The summed E-state index contributed by atoms with van der Waals surface area (Å²) in [7, 11) is -10.2. The SMILES string of the molecule is C/C=N\c1nc2c(ncn2[C@@H]2O[C@@H]3COP(=O)(O)O[C@@H]4C(O)[C@H](n5cnc6c(=O)[nH]c(N)nc65)O[C@@H]4COP(=O)(O)OC3[C@@H]2O)c(=O)[nH]1. The minimum Gasteiger partial charge on any atom is -0.386 e. The van der Waals surface area contributed by atoms with Crippen molar-refractivity contribution >= 4 is 56.1 Å². The zero-order valence-electron chi connectivity index (χ0n) is 24.2. The van der Waals surface area contributed by atoms with Crippen LogP contribution in [0.2, 0.25) is 0 Å². The first-order valence-corrected chi connectivity index (χ1v) is 16.9. The van der Waals surface area contributed by atoms with Crippen molar-refractivity contribution in [1.29, 1.82) is 0 Å². The largest absolute Gasteiger partial charge is 0.472 e. The Bertz CT molecular complexity index is 2130. The van der Waals surface area contributed by atoms with Crippen LogP contribution in [0.1, 0.15) is 19.4 Å². The number of fused-ring (bicyclic) bond motifs is 4. The van der Waals surface area contributed by atoms with Crippen molar-refractivity contribution in [3.63, 3.8) is 0 Å². The molecule has 0 aliphatic carbocycles. The summed E-state index contributed by atoms with van der Waals surface area (Å²) in [4.78, 5) is 70.7. The van der Waals surface area contributed by atoms with Gasteiger partial charge in [0, 0.05) is 6.21 Å². The van der Waals surface area contributed by atoms with Gasteiger partial charge in [-0.1, -0.05) is 0 Å². The molecule has 0 amide bonds. The van der Waals surface area contributed by atoms with Gasteiger partial charge in [0.05, 0.1) is 25.9 Å². The minimum absolute atomic E-state index is 0.0806. The van der Waals surface area contributed by atoms with Crippen LogP contribution in [0.15, 0.2) is 27.2 Å². The molecule has 3 aliphatic rings. The summed E-state index contributed by atoms with van der Waals surface area (Å²) in [6, 6.07) is 0. The zero-order chi connectivity index (χ0) is 34.1. The maximum Gasteiger partial charge on any atom is 0.472 e. The number of nitrogens with zero attached hydrogens (tertiary/aromatic N) is 7. The normalized spacial score (nSPS) is 36.3. The Labute approximate surface area is 265 Å². The second-order valence-electron chi connectivity index (χ2n) is 10.7. The number of aliphatic hydroxyl groups is 2. The number of hydrogen-bond donors (Lipinski definition) is 7. The van der Waals surface area contributed by atoms with Crippen LogP contribution in [0.5, 0.6) is 0 Å². The lowest BCUT2D eigenvalue weighted by Gasteiger charge is -2.27. The fourth-order valence-electron chi connectivity index (χ4n) is 5.54. The number of anilines is 1. The molecule has 3 saturated heterocycles. The number of H-pyrrole nitrogens is 2. The van der Waals surface area contributed by atoms with Gasteiger partial charge in [0.15, 0.2) is 34.8 Å². The van der Waals surface area contributed by atoms with E-state index in [9.17, 15) is 38.7 Å². The maximum absolute atomic E-state index is 13.2. The highest BCUT2D eigenvalue weighted by molar-refractivity contribution is 7.47. The summed E-state index contributed by atoms with van der Waals surface area (Å²) in [6.45, 7) is -0.148. The van der Waals surface area contributed by atoms with Gasteiger partial charge in [-0.15, -0.1) is 0 Å². The minimum atomic E-state index is -5.11. The molecule has 0 spiro atoms. The molecular weight excluding hydrogens is 690 g/mol. The molecule has 10 atom stereocenters. The number of nitrogens with two attached hydrogens (primary N) is 1. The summed E-state index contributed by atoms with van der Waals surface area (Å²) >= 11 is 0. The molecular formula is C22H26N10O14P2. The number of hydrogen-bond acceptors (Lipinski definition) is 18. The zero-order valence-corrected chi connectivity index (χ0v) is 26.0. The number of phosphoric acid groups is 2. The van der Waals surface area contributed by atoms with Crippen LogP contribution in [-0.2, 0) is 36.7 Å². The third kappa shape index (κ3) is 5.80. The van der Waals surface area contributed by atoms with Gasteiger partial charge in [-0.3, -0.25) is 46.8 Å². The molecule has 7 rings (SSSR count). The van der Waals surface area contributed by atoms with E-state index < -0.39 is 89.1 Å². The van der Waals surface area contributed by atoms with E-state index in [1.165, 1.54) is 6.21 Å². The van der Waals surface area contributed by atoms with Gasteiger partial charge in [0.2, 0.25) is 11.9 Å². The molecule has 24 nitrogen and oxygen atoms in total. The topological polar surface area (TPSA) is 336 Å². The Morgan fingerprint density at radius 2 is 1.35 bits per heavy atom. The van der Waals surface area contributed by atoms with Crippen molar-refractivity contribution in [1.82, 2.24) is 39.0 Å². The lowest BCUT2D eigenvalue weighted by molar-refractivity contribution is -0.0664. The predicted octanol–water partition coefficient (Wildman–Crippen LogP) is -1.91. The Kier molecular flexibility index (Phi) is 8.17. The van der Waals surface area contributed by atoms with E-state index in [1.807, 2.05) is 0 Å². The Morgan fingerprint density at radius 1 is 0.875 bits per heavy atom. The van der Waals surface area contributed by atoms with Gasteiger partial charge < -0.3 is 35.2 Å². The molecule has 3 fully saturated rings. The fourth-order valence-corrected chi connectivity index (χ4v) is 7.47. The van der Waals surface area contributed by atoms with Crippen molar-refractivity contribution in [3.05, 3.63) is 33.4 Å². The fraction of sp³-hybridized carbons (Fsp3) is 0.500. The second kappa shape index (κ2) is 12.0. The highest BCUT2D eigenvalue weighted by atomic mass is 31.2. The lowest BCUT2D eigenvalue weighted by atomic mass is 10.1. The summed E-state index contributed by atoms with van der Waals surface area (Å²) < 4.78 is 60.9. The molecule has 4 aromatic rings. The van der Waals surface area contributed by atoms with Crippen molar-refractivity contribution < 1.29 is 56.7 Å². The van der Waals surface area contributed by atoms with E-state index in [4.69, 9.17) is 33.3 Å². The summed E-state index contributed by atoms with van der Waals surface area (Å²) in [5.41, 5.74) is 3.77. The number of phosphoric ester groups is 2. The number of rotatable bonds is 3. The van der Waals surface area contributed by atoms with E-state index in [0.29, 0.717) is 0 Å². The van der Waals surface area contributed by atoms with E-state index >= 15 is 0 Å². The molecule has 258 valence electrons. The average molecular weight is 716 g/mol. The van der Waals surface area contributed by atoms with E-state index in [2.05, 4.69) is 34.9 Å². The third-order valence-corrected chi connectivity index (χ3v) is 9.57. The summed E-state index contributed by atoms with van der Waals surface area (Å²) in [5, 5.41) is 22.4. The van der Waals surface area contributed by atoms with Crippen molar-refractivity contribution in [3.8, 4) is 0 Å². The first kappa shape index (κ1) is 32.8. The van der Waals surface area contributed by atoms with Crippen LogP contribution in [0.3, 0.4) is 0 Å². The maximum atomic E-state index is 13.2. The van der Waals surface area contributed by atoms with Crippen LogP contribution in [0, 0.1) is 0 Å². The highest BCUT2D eigenvalue weighted by Crippen LogP contribution is 2.53. The number of imidazole rings is 2. The molecule has 3 aliphatic heterocycles. The van der Waals surface area contributed by atoms with Gasteiger partial charge in [0.1, 0.15) is 36.6 Å². The Morgan fingerprint density at radius 3 is 1.85 bits per heavy atom. The van der Waals surface area contributed by atoms with Crippen molar-refractivity contribution in [2.45, 2.75) is 56.0 Å². The van der Waals surface area contributed by atoms with E-state index in [0.717, 1.165) is 21.8 Å². The van der Waals surface area contributed by atoms with Gasteiger partial charge >= 0.3 is 15.6 Å². The molecule has 8 N–H and O–H groups in total. The van der Waals surface area contributed by atoms with Crippen molar-refractivity contribution in [2.24, 2.45) is 4.99 Å². The monoisotopic (exact) mass is 716 g/mol. The van der Waals surface area contributed by atoms with Crippen LogP contribution in [0.4, 0.5) is 11.9 Å². The first-order valence-electron chi connectivity index (χ1n) is 13.9. The number of nitrogens with one attached hydrogen (secondary N) is 2. The molecule has 0 bridgehead atoms. The lowest BCUT2D eigenvalue weighted by Crippen LogP contribution is -2.39. The van der Waals surface area contributed by atoms with Gasteiger partial charge in [-0.2, -0.15) is 9.97 Å². The number of aliphatic hydroxyl groups excluding tert-OH is 2. The summed E-state index contributed by atoms with van der Waals surface area (Å²) in [6.07, 6.45) is -9.48. The second-order valence-corrected chi connectivity index (χ2v) is 13.5. The number of aromatic amines is 2. The first-order chi connectivity index (χ1) is 22.7. The molecule has 0 saturated carbocycles. The van der Waals surface area contributed by atoms with Gasteiger partial charge in [-0.25, -0.2) is 24.1 Å². The summed E-state index contributed by atoms with van der Waals surface area (Å²) in [5.74, 6) is -0.368. The standard InChI is InChI=1S/C22H26N10O14P2/c1-2-24-22-28-16-10(18(36)30-22)26-6-32(16)20-12(34)14-8(44-20)4-42-47(37,38)45-13-7(3-41-48(39,40)46-14)43-19(11(13)33)31-5-25-9-15(31)27-21(23)29-17(9)35/h2,5-8,11-14,19-20,33-34H,3-4H2,1H3,(H,37,38)(H,39,40)(H,28,30,36)(H3,23,27,29,35)/b24-2-/t7-,8-,11?,12+,13+,14?,19-,20-/m1/s1. The number of aromatic nitrogens is 8. The number of nitrogen functional groups attached to an aromatic ring is 1. The molecule has 48 heavy (non-hydrogen) atoms. The van der Waals surface area contributed by atoms with Gasteiger partial charge in [0.25, 0.3) is 11.1 Å². The third-order valence-electron chi connectivity index (χ3n) is 7.60. The average Bonchev–Trinajstić information content (AvgIpc) is 3.76. The van der Waals surface area contributed by atoms with E-state index in [-0.39, 0.29) is 34.2 Å². The Hall–Kier alpha value is -3.77. The Balaban J connectivity index is 1.17. The highest BCUT2D eigenvalue weighted by Gasteiger charge is 2.54. The van der Waals surface area contributed by atoms with Crippen LogP contribution < -0.4 is 16.9 Å².